The minimum atomic E-state index is -4.70. The number of allylic oxidation sites excluding steroid dienone is 2. The van der Waals surface area contributed by atoms with Crippen molar-refractivity contribution in [1.29, 1.82) is 0 Å². The molecule has 0 aliphatic rings. The first-order valence-electron chi connectivity index (χ1n) is 11.6. The van der Waals surface area contributed by atoms with Crippen molar-refractivity contribution in [2.45, 2.75) is 39.4 Å². The largest absolute Gasteiger partial charge is 0.418 e. The van der Waals surface area contributed by atoms with E-state index in [2.05, 4.69) is 30.6 Å². The zero-order valence-electron chi connectivity index (χ0n) is 21.1. The van der Waals surface area contributed by atoms with Gasteiger partial charge in [0.25, 0.3) is 5.91 Å². The SMILES string of the molecule is CC/C=C/N=C(/C=C(\C)C(=O)NC(C)c1ncc(C(=O)Nc2cc(C(F)(F)F)c(Cl)cn2)s1)c1cccnc1. The van der Waals surface area contributed by atoms with Crippen molar-refractivity contribution >= 4 is 46.3 Å². The van der Waals surface area contributed by atoms with E-state index in [0.717, 1.165) is 29.5 Å². The minimum absolute atomic E-state index is 0.123. The first kappa shape index (κ1) is 29.7. The van der Waals surface area contributed by atoms with E-state index in [1.165, 1.54) is 6.20 Å². The average molecular weight is 577 g/mol. The first-order chi connectivity index (χ1) is 18.5. The second-order valence-electron chi connectivity index (χ2n) is 8.14. The summed E-state index contributed by atoms with van der Waals surface area (Å²) in [4.78, 5) is 42.0. The Labute approximate surface area is 231 Å². The van der Waals surface area contributed by atoms with Crippen LogP contribution in [0.25, 0.3) is 0 Å². The summed E-state index contributed by atoms with van der Waals surface area (Å²) in [5, 5.41) is 4.98. The zero-order valence-corrected chi connectivity index (χ0v) is 22.7. The zero-order chi connectivity index (χ0) is 28.6. The number of hydrogen-bond donors (Lipinski definition) is 2. The van der Waals surface area contributed by atoms with Crippen LogP contribution in [-0.4, -0.2) is 32.5 Å². The van der Waals surface area contributed by atoms with Gasteiger partial charge in [0, 0.05) is 35.9 Å². The molecule has 3 aromatic rings. The predicted molar refractivity (Wildman–Crippen MR) is 145 cm³/mol. The third-order valence-electron chi connectivity index (χ3n) is 5.09. The normalized spacial score (nSPS) is 13.4. The molecule has 0 saturated heterocycles. The second-order valence-corrected chi connectivity index (χ2v) is 9.61. The number of alkyl halides is 3. The molecule has 39 heavy (non-hydrogen) atoms. The summed E-state index contributed by atoms with van der Waals surface area (Å²) in [6.45, 7) is 5.33. The van der Waals surface area contributed by atoms with E-state index in [4.69, 9.17) is 11.6 Å². The Balaban J connectivity index is 1.70. The van der Waals surface area contributed by atoms with Crippen LogP contribution in [0.4, 0.5) is 19.0 Å². The van der Waals surface area contributed by atoms with E-state index in [1.807, 2.05) is 19.1 Å². The molecule has 13 heteroatoms. The van der Waals surface area contributed by atoms with Crippen molar-refractivity contribution in [3.8, 4) is 0 Å². The third-order valence-corrected chi connectivity index (χ3v) is 6.57. The van der Waals surface area contributed by atoms with Gasteiger partial charge in [-0.25, -0.2) is 9.97 Å². The average Bonchev–Trinajstić information content (AvgIpc) is 3.40. The van der Waals surface area contributed by atoms with Gasteiger partial charge < -0.3 is 10.6 Å². The molecule has 2 N–H and O–H groups in total. The molecule has 1 unspecified atom stereocenters. The Bertz CT molecular complexity index is 1420. The summed E-state index contributed by atoms with van der Waals surface area (Å²) >= 11 is 6.55. The van der Waals surface area contributed by atoms with E-state index >= 15 is 0 Å². The van der Waals surface area contributed by atoms with Crippen molar-refractivity contribution in [2.24, 2.45) is 4.99 Å². The highest BCUT2D eigenvalue weighted by Gasteiger charge is 2.34. The number of carbonyl (C=O) groups is 2. The molecular weight excluding hydrogens is 553 g/mol. The number of nitrogens with one attached hydrogen (secondary N) is 2. The van der Waals surface area contributed by atoms with Crippen LogP contribution in [0.15, 0.2) is 71.9 Å². The number of thiazole rings is 1. The Morgan fingerprint density at radius 2 is 2.00 bits per heavy atom. The molecule has 3 aromatic heterocycles. The van der Waals surface area contributed by atoms with Crippen LogP contribution in [0, 0.1) is 0 Å². The molecular formula is C26H24ClF3N6O2S. The van der Waals surface area contributed by atoms with E-state index in [0.29, 0.717) is 22.4 Å². The number of aliphatic imine (C=N–C) groups is 1. The molecule has 0 radical (unpaired) electrons. The maximum absolute atomic E-state index is 13.1. The molecule has 0 saturated carbocycles. The fourth-order valence-electron chi connectivity index (χ4n) is 3.09. The van der Waals surface area contributed by atoms with Crippen molar-refractivity contribution in [3.63, 3.8) is 0 Å². The van der Waals surface area contributed by atoms with Crippen LogP contribution >= 0.6 is 22.9 Å². The van der Waals surface area contributed by atoms with Gasteiger partial charge in [0.1, 0.15) is 15.7 Å². The Hall–Kier alpha value is -3.90. The first-order valence-corrected chi connectivity index (χ1v) is 12.8. The quantitative estimate of drug-likeness (QED) is 0.226. The number of rotatable bonds is 9. The number of halogens is 4. The molecule has 0 fully saturated rings. The van der Waals surface area contributed by atoms with Crippen LogP contribution in [0.5, 0.6) is 0 Å². The molecule has 204 valence electrons. The third kappa shape index (κ3) is 8.29. The summed E-state index contributed by atoms with van der Waals surface area (Å²) in [6.07, 6.45) is 6.68. The minimum Gasteiger partial charge on any atom is -0.343 e. The van der Waals surface area contributed by atoms with Crippen molar-refractivity contribution in [2.75, 3.05) is 5.32 Å². The van der Waals surface area contributed by atoms with Crippen LogP contribution < -0.4 is 10.6 Å². The van der Waals surface area contributed by atoms with Crippen molar-refractivity contribution in [3.05, 3.63) is 92.9 Å². The Kier molecular flexibility index (Phi) is 10.1. The van der Waals surface area contributed by atoms with Crippen LogP contribution in [0.3, 0.4) is 0 Å². The number of carbonyl (C=O) groups excluding carboxylic acids is 2. The van der Waals surface area contributed by atoms with Crippen LogP contribution in [0.2, 0.25) is 5.02 Å². The molecule has 0 aliphatic carbocycles. The number of pyridine rings is 2. The van der Waals surface area contributed by atoms with E-state index in [-0.39, 0.29) is 16.6 Å². The second kappa shape index (κ2) is 13.3. The molecule has 2 amide bonds. The van der Waals surface area contributed by atoms with Gasteiger partial charge in [0.2, 0.25) is 5.91 Å². The molecule has 8 nitrogen and oxygen atoms in total. The van der Waals surface area contributed by atoms with Gasteiger partial charge in [-0.15, -0.1) is 11.3 Å². The van der Waals surface area contributed by atoms with Crippen molar-refractivity contribution in [1.82, 2.24) is 20.3 Å². The molecule has 1 atom stereocenters. The van der Waals surface area contributed by atoms with Gasteiger partial charge in [-0.1, -0.05) is 24.6 Å². The fourth-order valence-corrected chi connectivity index (χ4v) is 4.11. The van der Waals surface area contributed by atoms with Gasteiger partial charge in [0.15, 0.2) is 0 Å². The van der Waals surface area contributed by atoms with E-state index < -0.39 is 28.7 Å². The molecule has 0 aliphatic heterocycles. The molecule has 3 heterocycles. The lowest BCUT2D eigenvalue weighted by Crippen LogP contribution is -2.27. The summed E-state index contributed by atoms with van der Waals surface area (Å²) in [6, 6.07) is 3.70. The molecule has 0 bridgehead atoms. The Morgan fingerprint density at radius 3 is 2.67 bits per heavy atom. The van der Waals surface area contributed by atoms with Crippen LogP contribution in [-0.2, 0) is 11.0 Å². The number of hydrogen-bond acceptors (Lipinski definition) is 7. The van der Waals surface area contributed by atoms with Crippen molar-refractivity contribution < 1.29 is 22.8 Å². The lowest BCUT2D eigenvalue weighted by Gasteiger charge is -2.12. The maximum Gasteiger partial charge on any atom is 0.418 e. The monoisotopic (exact) mass is 576 g/mol. The highest BCUT2D eigenvalue weighted by Crippen LogP contribution is 2.35. The number of anilines is 1. The smallest absolute Gasteiger partial charge is 0.343 e. The van der Waals surface area contributed by atoms with E-state index in [9.17, 15) is 22.8 Å². The van der Waals surface area contributed by atoms with Crippen LogP contribution in [0.1, 0.15) is 59.0 Å². The number of aromatic nitrogens is 3. The summed E-state index contributed by atoms with van der Waals surface area (Å²) < 4.78 is 39.3. The molecule has 0 spiro atoms. The van der Waals surface area contributed by atoms with E-state index in [1.54, 1.807) is 44.6 Å². The highest BCUT2D eigenvalue weighted by atomic mass is 35.5. The fraction of sp³-hybridized carbons (Fsp3) is 0.231. The number of nitrogens with zero attached hydrogens (tertiary/aromatic N) is 4. The summed E-state index contributed by atoms with van der Waals surface area (Å²) in [5.41, 5.74) is 0.577. The lowest BCUT2D eigenvalue weighted by molar-refractivity contribution is -0.137. The maximum atomic E-state index is 13.1. The lowest BCUT2D eigenvalue weighted by atomic mass is 10.1. The molecule has 3 rings (SSSR count). The summed E-state index contributed by atoms with van der Waals surface area (Å²) in [5.74, 6) is -1.38. The standard InChI is InChI=1S/C26H24ClF3N6O2S/c1-4-5-9-32-20(17-7-6-8-31-12-17)10-15(2)23(37)35-16(3)25-34-14-21(39-25)24(38)36-22-11-18(26(28,29)30)19(27)13-33-22/h5-14,16H,4H2,1-3H3,(H,35,37)(H,33,36,38)/b9-5+,15-10+,32-20-. The topological polar surface area (TPSA) is 109 Å². The number of amides is 2. The van der Waals surface area contributed by atoms with Gasteiger partial charge in [-0.3, -0.25) is 19.6 Å². The van der Waals surface area contributed by atoms with Gasteiger partial charge in [0.05, 0.1) is 28.5 Å². The van der Waals surface area contributed by atoms with Gasteiger partial charge in [-0.2, -0.15) is 13.2 Å². The molecule has 0 aromatic carbocycles. The Morgan fingerprint density at radius 1 is 1.23 bits per heavy atom. The predicted octanol–water partition coefficient (Wildman–Crippen LogP) is 6.39. The van der Waals surface area contributed by atoms with Gasteiger partial charge >= 0.3 is 6.18 Å². The van der Waals surface area contributed by atoms with Gasteiger partial charge in [-0.05, 0) is 44.5 Å². The summed E-state index contributed by atoms with van der Waals surface area (Å²) in [7, 11) is 0. The highest BCUT2D eigenvalue weighted by molar-refractivity contribution is 7.13.